The number of sulfonamides is 1. The van der Waals surface area contributed by atoms with Gasteiger partial charge in [0.2, 0.25) is 10.0 Å². The monoisotopic (exact) mass is 271 g/mol. The molecule has 0 aromatic heterocycles. The van der Waals surface area contributed by atoms with Gasteiger partial charge >= 0.3 is 0 Å². The van der Waals surface area contributed by atoms with Crippen LogP contribution in [-0.4, -0.2) is 28.9 Å². The van der Waals surface area contributed by atoms with Crippen molar-refractivity contribution in [2.24, 2.45) is 0 Å². The second-order valence-corrected chi connectivity index (χ2v) is 6.17. The molecule has 1 N–H and O–H groups in total. The Labute approximate surface area is 107 Å². The molecular formula is C12H17NO4S. The van der Waals surface area contributed by atoms with Crippen LogP contribution in [0.15, 0.2) is 12.1 Å². The Morgan fingerprint density at radius 1 is 1.22 bits per heavy atom. The van der Waals surface area contributed by atoms with Crippen molar-refractivity contribution in [1.82, 2.24) is 4.72 Å². The molecule has 1 aromatic carbocycles. The van der Waals surface area contributed by atoms with Gasteiger partial charge in [0.1, 0.15) is 0 Å². The minimum absolute atomic E-state index is 0.171. The SMILES string of the molecule is COc1cc2c(cc1OC)C(NS(C)(=O)=O)CC2. The molecule has 5 nitrogen and oxygen atoms in total. The van der Waals surface area contributed by atoms with Crippen molar-refractivity contribution < 1.29 is 17.9 Å². The third-order valence-electron chi connectivity index (χ3n) is 3.08. The Bertz CT molecular complexity index is 553. The standard InChI is InChI=1S/C12H17NO4S/c1-16-11-6-8-4-5-10(13-18(3,14)15)9(8)7-12(11)17-2/h6-7,10,13H,4-5H2,1-3H3. The van der Waals surface area contributed by atoms with Crippen LogP contribution in [0.25, 0.3) is 0 Å². The van der Waals surface area contributed by atoms with Gasteiger partial charge in [0.05, 0.1) is 20.5 Å². The quantitative estimate of drug-likeness (QED) is 0.895. The van der Waals surface area contributed by atoms with Gasteiger partial charge in [-0.1, -0.05) is 0 Å². The van der Waals surface area contributed by atoms with Crippen molar-refractivity contribution in [1.29, 1.82) is 0 Å². The van der Waals surface area contributed by atoms with Gasteiger partial charge in [0, 0.05) is 6.04 Å². The summed E-state index contributed by atoms with van der Waals surface area (Å²) in [5.41, 5.74) is 2.08. The minimum atomic E-state index is -3.21. The van der Waals surface area contributed by atoms with E-state index in [4.69, 9.17) is 9.47 Å². The van der Waals surface area contributed by atoms with Crippen molar-refractivity contribution in [3.05, 3.63) is 23.3 Å². The van der Waals surface area contributed by atoms with E-state index in [1.807, 2.05) is 12.1 Å². The Balaban J connectivity index is 2.38. The van der Waals surface area contributed by atoms with Gasteiger partial charge < -0.3 is 9.47 Å². The van der Waals surface area contributed by atoms with E-state index in [0.29, 0.717) is 11.5 Å². The van der Waals surface area contributed by atoms with Gasteiger partial charge in [-0.25, -0.2) is 13.1 Å². The molecule has 0 amide bonds. The van der Waals surface area contributed by atoms with Gasteiger partial charge in [-0.2, -0.15) is 0 Å². The van der Waals surface area contributed by atoms with Gasteiger partial charge in [0.25, 0.3) is 0 Å². The Kier molecular flexibility index (Phi) is 3.49. The molecule has 0 heterocycles. The normalized spacial score (nSPS) is 18.5. The average molecular weight is 271 g/mol. The number of nitrogens with one attached hydrogen (secondary N) is 1. The highest BCUT2D eigenvalue weighted by Crippen LogP contribution is 2.39. The molecule has 0 saturated heterocycles. The van der Waals surface area contributed by atoms with Crippen LogP contribution in [0.3, 0.4) is 0 Å². The molecule has 2 rings (SSSR count). The predicted octanol–water partition coefficient (Wildman–Crippen LogP) is 1.24. The Hall–Kier alpha value is -1.27. The molecule has 1 unspecified atom stereocenters. The summed E-state index contributed by atoms with van der Waals surface area (Å²) < 4.78 is 35.7. The molecule has 0 spiro atoms. The number of rotatable bonds is 4. The molecule has 0 saturated carbocycles. The summed E-state index contributed by atoms with van der Waals surface area (Å²) >= 11 is 0. The van der Waals surface area contributed by atoms with Crippen LogP contribution >= 0.6 is 0 Å². The zero-order valence-electron chi connectivity index (χ0n) is 10.7. The molecule has 0 bridgehead atoms. The van der Waals surface area contributed by atoms with Gasteiger partial charge in [-0.15, -0.1) is 0 Å². The van der Waals surface area contributed by atoms with Crippen molar-refractivity contribution >= 4 is 10.0 Å². The number of aryl methyl sites for hydroxylation is 1. The summed E-state index contributed by atoms with van der Waals surface area (Å²) in [6.07, 6.45) is 2.77. The highest BCUT2D eigenvalue weighted by molar-refractivity contribution is 7.88. The summed E-state index contributed by atoms with van der Waals surface area (Å²) in [6, 6.07) is 3.59. The molecule has 1 atom stereocenters. The fraction of sp³-hybridized carbons (Fsp3) is 0.500. The molecule has 18 heavy (non-hydrogen) atoms. The van der Waals surface area contributed by atoms with E-state index in [1.54, 1.807) is 14.2 Å². The Morgan fingerprint density at radius 2 is 1.83 bits per heavy atom. The van der Waals surface area contributed by atoms with E-state index in [1.165, 1.54) is 6.26 Å². The summed E-state index contributed by atoms with van der Waals surface area (Å²) in [4.78, 5) is 0. The summed E-state index contributed by atoms with van der Waals surface area (Å²) in [6.45, 7) is 0. The van der Waals surface area contributed by atoms with E-state index < -0.39 is 10.0 Å². The highest BCUT2D eigenvalue weighted by atomic mass is 32.2. The van der Waals surface area contributed by atoms with E-state index in [9.17, 15) is 8.42 Å². The van der Waals surface area contributed by atoms with Crippen molar-refractivity contribution in [2.75, 3.05) is 20.5 Å². The number of fused-ring (bicyclic) bond motifs is 1. The summed E-state index contributed by atoms with van der Waals surface area (Å²) in [7, 11) is -0.0512. The van der Waals surface area contributed by atoms with E-state index in [0.717, 1.165) is 24.0 Å². The second kappa shape index (κ2) is 4.78. The maximum atomic E-state index is 11.3. The molecule has 100 valence electrons. The van der Waals surface area contributed by atoms with Crippen molar-refractivity contribution in [3.8, 4) is 11.5 Å². The first-order valence-corrected chi connectivity index (χ1v) is 7.56. The van der Waals surface area contributed by atoms with E-state index in [2.05, 4.69) is 4.72 Å². The average Bonchev–Trinajstić information content (AvgIpc) is 2.67. The van der Waals surface area contributed by atoms with Crippen LogP contribution < -0.4 is 14.2 Å². The number of ether oxygens (including phenoxy) is 2. The van der Waals surface area contributed by atoms with Crippen LogP contribution in [0.2, 0.25) is 0 Å². The lowest BCUT2D eigenvalue weighted by Crippen LogP contribution is -2.25. The maximum absolute atomic E-state index is 11.3. The van der Waals surface area contributed by atoms with Crippen LogP contribution in [-0.2, 0) is 16.4 Å². The lowest BCUT2D eigenvalue weighted by atomic mass is 10.1. The molecule has 0 aliphatic heterocycles. The smallest absolute Gasteiger partial charge is 0.209 e. The molecule has 1 aliphatic rings. The maximum Gasteiger partial charge on any atom is 0.209 e. The van der Waals surface area contributed by atoms with E-state index >= 15 is 0 Å². The Morgan fingerprint density at radius 3 is 2.39 bits per heavy atom. The van der Waals surface area contributed by atoms with Crippen LogP contribution in [0, 0.1) is 0 Å². The summed E-state index contributed by atoms with van der Waals surface area (Å²) in [5.74, 6) is 1.30. The molecule has 6 heteroatoms. The number of hydrogen-bond acceptors (Lipinski definition) is 4. The lowest BCUT2D eigenvalue weighted by Gasteiger charge is -2.15. The van der Waals surface area contributed by atoms with Crippen LogP contribution in [0.1, 0.15) is 23.6 Å². The van der Waals surface area contributed by atoms with Crippen LogP contribution in [0.4, 0.5) is 0 Å². The van der Waals surface area contributed by atoms with Gasteiger partial charge in [0.15, 0.2) is 11.5 Å². The van der Waals surface area contributed by atoms with Crippen molar-refractivity contribution in [3.63, 3.8) is 0 Å². The topological polar surface area (TPSA) is 64.6 Å². The fourth-order valence-corrected chi connectivity index (χ4v) is 3.08. The summed E-state index contributed by atoms with van der Waals surface area (Å²) in [5, 5.41) is 0. The number of benzene rings is 1. The molecule has 1 aliphatic carbocycles. The second-order valence-electron chi connectivity index (χ2n) is 4.39. The molecule has 0 radical (unpaired) electrons. The van der Waals surface area contributed by atoms with Gasteiger partial charge in [-0.05, 0) is 36.1 Å². The first-order valence-electron chi connectivity index (χ1n) is 5.66. The molecular weight excluding hydrogens is 254 g/mol. The first kappa shape index (κ1) is 13.2. The lowest BCUT2D eigenvalue weighted by molar-refractivity contribution is 0.354. The zero-order valence-corrected chi connectivity index (χ0v) is 11.5. The highest BCUT2D eigenvalue weighted by Gasteiger charge is 2.26. The third kappa shape index (κ3) is 2.59. The fourth-order valence-electron chi connectivity index (χ4n) is 2.31. The van der Waals surface area contributed by atoms with Crippen LogP contribution in [0.5, 0.6) is 11.5 Å². The number of hydrogen-bond donors (Lipinski definition) is 1. The minimum Gasteiger partial charge on any atom is -0.493 e. The first-order chi connectivity index (χ1) is 8.44. The molecule has 1 aromatic rings. The predicted molar refractivity (Wildman–Crippen MR) is 68.6 cm³/mol. The van der Waals surface area contributed by atoms with E-state index in [-0.39, 0.29) is 6.04 Å². The zero-order chi connectivity index (χ0) is 13.3. The largest absolute Gasteiger partial charge is 0.493 e. The number of methoxy groups -OCH3 is 2. The van der Waals surface area contributed by atoms with Gasteiger partial charge in [-0.3, -0.25) is 0 Å². The molecule has 0 fully saturated rings. The van der Waals surface area contributed by atoms with Crippen molar-refractivity contribution in [2.45, 2.75) is 18.9 Å². The third-order valence-corrected chi connectivity index (χ3v) is 3.79.